The maximum absolute atomic E-state index is 11.8. The number of carbonyl (C=O) groups is 1. The standard InChI is InChI=1S/C18H21NO2/c1-2-21-18(20)13-19(16-10-11-16)12-15-8-5-7-14-6-3-4-9-17(14)15/h3-9,16H,2,10-13H2,1H3. The quantitative estimate of drug-likeness (QED) is 0.761. The zero-order valence-corrected chi connectivity index (χ0v) is 12.4. The van der Waals surface area contributed by atoms with Crippen LogP contribution in [0.4, 0.5) is 0 Å². The first-order chi connectivity index (χ1) is 10.3. The van der Waals surface area contributed by atoms with Gasteiger partial charge in [0.1, 0.15) is 0 Å². The van der Waals surface area contributed by atoms with E-state index in [1.165, 1.54) is 29.2 Å². The highest BCUT2D eigenvalue weighted by Gasteiger charge is 2.30. The largest absolute Gasteiger partial charge is 0.465 e. The van der Waals surface area contributed by atoms with Crippen molar-refractivity contribution in [1.82, 2.24) is 4.90 Å². The van der Waals surface area contributed by atoms with Crippen LogP contribution in [0.1, 0.15) is 25.3 Å². The zero-order valence-electron chi connectivity index (χ0n) is 12.4. The number of carbonyl (C=O) groups excluding carboxylic acids is 1. The molecule has 0 amide bonds. The van der Waals surface area contributed by atoms with Crippen LogP contribution in [0, 0.1) is 0 Å². The Hall–Kier alpha value is -1.87. The summed E-state index contributed by atoms with van der Waals surface area (Å²) in [5, 5.41) is 2.52. The Labute approximate surface area is 125 Å². The predicted molar refractivity (Wildman–Crippen MR) is 84.0 cm³/mol. The molecule has 0 aliphatic heterocycles. The van der Waals surface area contributed by atoms with E-state index in [9.17, 15) is 4.79 Å². The molecular weight excluding hydrogens is 262 g/mol. The molecule has 0 N–H and O–H groups in total. The molecule has 0 radical (unpaired) electrons. The van der Waals surface area contributed by atoms with Crippen molar-refractivity contribution in [1.29, 1.82) is 0 Å². The molecule has 0 aromatic heterocycles. The second-order valence-corrected chi connectivity index (χ2v) is 5.58. The summed E-state index contributed by atoms with van der Waals surface area (Å²) >= 11 is 0. The minimum Gasteiger partial charge on any atom is -0.465 e. The Kier molecular flexibility index (Phi) is 4.20. The molecule has 1 fully saturated rings. The van der Waals surface area contributed by atoms with Gasteiger partial charge in [-0.05, 0) is 36.1 Å². The third-order valence-electron chi connectivity index (χ3n) is 3.95. The summed E-state index contributed by atoms with van der Waals surface area (Å²) in [5.74, 6) is -0.121. The lowest BCUT2D eigenvalue weighted by atomic mass is 10.0. The molecule has 21 heavy (non-hydrogen) atoms. The van der Waals surface area contributed by atoms with Crippen molar-refractivity contribution in [3.63, 3.8) is 0 Å². The minimum atomic E-state index is -0.121. The Morgan fingerprint density at radius 1 is 1.19 bits per heavy atom. The lowest BCUT2D eigenvalue weighted by Gasteiger charge is -2.21. The van der Waals surface area contributed by atoms with Crippen LogP contribution in [0.5, 0.6) is 0 Å². The first kappa shape index (κ1) is 14.1. The van der Waals surface area contributed by atoms with Crippen LogP contribution in [0.25, 0.3) is 10.8 Å². The first-order valence-electron chi connectivity index (χ1n) is 7.64. The van der Waals surface area contributed by atoms with Gasteiger partial charge in [0.2, 0.25) is 0 Å². The van der Waals surface area contributed by atoms with E-state index in [2.05, 4.69) is 47.4 Å². The van der Waals surface area contributed by atoms with Gasteiger partial charge in [0, 0.05) is 12.6 Å². The molecule has 2 aromatic carbocycles. The molecule has 110 valence electrons. The number of nitrogens with zero attached hydrogens (tertiary/aromatic N) is 1. The van der Waals surface area contributed by atoms with Gasteiger partial charge >= 0.3 is 5.97 Å². The molecule has 1 aliphatic carbocycles. The Bertz CT molecular complexity index is 629. The van der Waals surface area contributed by atoms with Crippen molar-refractivity contribution >= 4 is 16.7 Å². The SMILES string of the molecule is CCOC(=O)CN(Cc1cccc2ccccc12)C1CC1. The normalized spacial score (nSPS) is 14.6. The number of rotatable bonds is 6. The summed E-state index contributed by atoms with van der Waals surface area (Å²) in [5.41, 5.74) is 1.28. The van der Waals surface area contributed by atoms with E-state index in [1.807, 2.05) is 6.92 Å². The molecule has 0 bridgehead atoms. The highest BCUT2D eigenvalue weighted by molar-refractivity contribution is 5.85. The van der Waals surface area contributed by atoms with E-state index < -0.39 is 0 Å². The number of benzene rings is 2. The van der Waals surface area contributed by atoms with Crippen LogP contribution in [-0.4, -0.2) is 30.1 Å². The average Bonchev–Trinajstić information content (AvgIpc) is 3.32. The van der Waals surface area contributed by atoms with Gasteiger partial charge in [-0.1, -0.05) is 42.5 Å². The van der Waals surface area contributed by atoms with Gasteiger partial charge in [-0.15, -0.1) is 0 Å². The number of hydrogen-bond acceptors (Lipinski definition) is 3. The Morgan fingerprint density at radius 2 is 1.95 bits per heavy atom. The van der Waals surface area contributed by atoms with Crippen molar-refractivity contribution < 1.29 is 9.53 Å². The van der Waals surface area contributed by atoms with Gasteiger partial charge in [0.25, 0.3) is 0 Å². The van der Waals surface area contributed by atoms with Crippen molar-refractivity contribution in [3.8, 4) is 0 Å². The molecule has 3 nitrogen and oxygen atoms in total. The van der Waals surface area contributed by atoms with Crippen LogP contribution in [0.3, 0.4) is 0 Å². The lowest BCUT2D eigenvalue weighted by molar-refractivity contribution is -0.144. The zero-order chi connectivity index (χ0) is 14.7. The highest BCUT2D eigenvalue weighted by atomic mass is 16.5. The second-order valence-electron chi connectivity index (χ2n) is 5.58. The maximum atomic E-state index is 11.8. The summed E-state index contributed by atoms with van der Waals surface area (Å²) < 4.78 is 5.09. The fourth-order valence-electron chi connectivity index (χ4n) is 2.78. The molecule has 0 saturated heterocycles. The van der Waals surface area contributed by atoms with Crippen LogP contribution in [0.15, 0.2) is 42.5 Å². The third kappa shape index (κ3) is 3.42. The van der Waals surface area contributed by atoms with Gasteiger partial charge in [-0.2, -0.15) is 0 Å². The van der Waals surface area contributed by atoms with E-state index in [-0.39, 0.29) is 5.97 Å². The maximum Gasteiger partial charge on any atom is 0.320 e. The number of fused-ring (bicyclic) bond motifs is 1. The number of hydrogen-bond donors (Lipinski definition) is 0. The summed E-state index contributed by atoms with van der Waals surface area (Å²) in [6.45, 7) is 3.50. The summed E-state index contributed by atoms with van der Waals surface area (Å²) in [6.07, 6.45) is 2.37. The van der Waals surface area contributed by atoms with Crippen LogP contribution >= 0.6 is 0 Å². The molecule has 3 heteroatoms. The Balaban J connectivity index is 1.79. The van der Waals surface area contributed by atoms with E-state index in [0.717, 1.165) is 6.54 Å². The lowest BCUT2D eigenvalue weighted by Crippen LogP contribution is -2.32. The molecule has 1 aliphatic rings. The smallest absolute Gasteiger partial charge is 0.320 e. The van der Waals surface area contributed by atoms with Crippen molar-refractivity contribution in [2.45, 2.75) is 32.4 Å². The molecule has 1 saturated carbocycles. The molecular formula is C18H21NO2. The summed E-state index contributed by atoms with van der Waals surface area (Å²) in [7, 11) is 0. The third-order valence-corrected chi connectivity index (χ3v) is 3.95. The molecule has 3 rings (SSSR count). The van der Waals surface area contributed by atoms with E-state index >= 15 is 0 Å². The monoisotopic (exact) mass is 283 g/mol. The van der Waals surface area contributed by atoms with E-state index in [1.54, 1.807) is 0 Å². The van der Waals surface area contributed by atoms with Gasteiger partial charge in [0.15, 0.2) is 0 Å². The van der Waals surface area contributed by atoms with Gasteiger partial charge in [-0.3, -0.25) is 9.69 Å². The van der Waals surface area contributed by atoms with Crippen molar-refractivity contribution in [2.24, 2.45) is 0 Å². The average molecular weight is 283 g/mol. The Morgan fingerprint density at radius 3 is 2.71 bits per heavy atom. The number of ether oxygens (including phenoxy) is 1. The van der Waals surface area contributed by atoms with Crippen molar-refractivity contribution in [3.05, 3.63) is 48.0 Å². The second kappa shape index (κ2) is 6.27. The molecule has 0 spiro atoms. The fourth-order valence-corrected chi connectivity index (χ4v) is 2.78. The van der Waals surface area contributed by atoms with Crippen LogP contribution in [0.2, 0.25) is 0 Å². The summed E-state index contributed by atoms with van der Waals surface area (Å²) in [4.78, 5) is 14.0. The van der Waals surface area contributed by atoms with E-state index in [0.29, 0.717) is 19.2 Å². The predicted octanol–water partition coefficient (Wildman–Crippen LogP) is 3.37. The topological polar surface area (TPSA) is 29.5 Å². The molecule has 0 unspecified atom stereocenters. The van der Waals surface area contributed by atoms with Gasteiger partial charge in [0.05, 0.1) is 13.2 Å². The van der Waals surface area contributed by atoms with Crippen molar-refractivity contribution in [2.75, 3.05) is 13.2 Å². The molecule has 0 heterocycles. The molecule has 0 atom stereocenters. The van der Waals surface area contributed by atoms with Gasteiger partial charge < -0.3 is 4.74 Å². The van der Waals surface area contributed by atoms with Crippen LogP contribution < -0.4 is 0 Å². The highest BCUT2D eigenvalue weighted by Crippen LogP contribution is 2.29. The fraction of sp³-hybridized carbons (Fsp3) is 0.389. The van der Waals surface area contributed by atoms with Crippen LogP contribution in [-0.2, 0) is 16.1 Å². The first-order valence-corrected chi connectivity index (χ1v) is 7.64. The van der Waals surface area contributed by atoms with Gasteiger partial charge in [-0.25, -0.2) is 0 Å². The minimum absolute atomic E-state index is 0.121. The summed E-state index contributed by atoms with van der Waals surface area (Å²) in [6, 6.07) is 15.3. The molecule has 2 aromatic rings. The number of esters is 1. The van der Waals surface area contributed by atoms with E-state index in [4.69, 9.17) is 4.74 Å².